The third-order valence-electron chi connectivity index (χ3n) is 0.689. The van der Waals surface area contributed by atoms with E-state index in [-0.39, 0.29) is 0 Å². The zero-order valence-electron chi connectivity index (χ0n) is 3.91. The highest BCUT2D eigenvalue weighted by molar-refractivity contribution is 6.35. The van der Waals surface area contributed by atoms with E-state index in [1.165, 1.54) is 12.4 Å². The van der Waals surface area contributed by atoms with Gasteiger partial charge in [-0.1, -0.05) is 11.6 Å². The van der Waals surface area contributed by atoms with Gasteiger partial charge in [-0.15, -0.1) is 0 Å². The summed E-state index contributed by atoms with van der Waals surface area (Å²) in [6.45, 7) is 0. The summed E-state index contributed by atoms with van der Waals surface area (Å²) >= 11 is 5.31. The highest BCUT2D eigenvalue weighted by Gasteiger charge is 2.11. The van der Waals surface area contributed by atoms with Crippen molar-refractivity contribution in [3.63, 3.8) is 0 Å². The normalized spacial score (nSPS) is 26.6. The van der Waals surface area contributed by atoms with E-state index in [2.05, 4.69) is 9.98 Å². The monoisotopic (exact) mass is 130 g/mol. The molecule has 0 radical (unpaired) electrons. The Hall–Kier alpha value is -0.700. The predicted octanol–water partition coefficient (Wildman–Crippen LogP) is 0.233. The van der Waals surface area contributed by atoms with E-state index in [9.17, 15) is 4.79 Å². The van der Waals surface area contributed by atoms with Crippen molar-refractivity contribution in [2.45, 2.75) is 5.50 Å². The number of aliphatic imine (C=N–C) groups is 2. The van der Waals surface area contributed by atoms with Gasteiger partial charge in [-0.05, 0) is 0 Å². The van der Waals surface area contributed by atoms with Crippen LogP contribution in [-0.4, -0.2) is 23.8 Å². The van der Waals surface area contributed by atoms with Gasteiger partial charge in [0.15, 0.2) is 0 Å². The Bertz CT molecular complexity index is 163. The van der Waals surface area contributed by atoms with Crippen molar-refractivity contribution in [1.29, 1.82) is 0 Å². The molecule has 1 rings (SSSR count). The van der Waals surface area contributed by atoms with Gasteiger partial charge in [-0.2, -0.15) is 0 Å². The van der Waals surface area contributed by atoms with E-state index in [1.807, 2.05) is 0 Å². The molecule has 42 valence electrons. The Morgan fingerprint density at radius 1 is 1.62 bits per heavy atom. The molecule has 0 saturated carbocycles. The van der Waals surface area contributed by atoms with Crippen LogP contribution in [0.4, 0.5) is 0 Å². The number of hydrogen-bond acceptors (Lipinski definition) is 2. The summed E-state index contributed by atoms with van der Waals surface area (Å²) in [5.74, 6) is -0.394. The number of rotatable bonds is 0. The molecule has 1 amide bonds. The molecule has 0 aromatic rings. The smallest absolute Gasteiger partial charge is 0.269 e. The SMILES string of the molecule is O=C1N=CC=NC1Cl. The van der Waals surface area contributed by atoms with Gasteiger partial charge in [0.05, 0.1) is 0 Å². The van der Waals surface area contributed by atoms with Gasteiger partial charge in [0.2, 0.25) is 5.50 Å². The first kappa shape index (κ1) is 5.44. The fraction of sp³-hybridized carbons (Fsp3) is 0.250. The summed E-state index contributed by atoms with van der Waals surface area (Å²) in [4.78, 5) is 17.3. The fourth-order valence-corrected chi connectivity index (χ4v) is 0.468. The molecule has 0 spiro atoms. The van der Waals surface area contributed by atoms with Crippen LogP contribution in [0.2, 0.25) is 0 Å². The van der Waals surface area contributed by atoms with Crippen LogP contribution in [0.3, 0.4) is 0 Å². The number of nitrogens with zero attached hydrogens (tertiary/aromatic N) is 2. The molecule has 4 heteroatoms. The fourth-order valence-electron chi connectivity index (χ4n) is 0.346. The molecule has 8 heavy (non-hydrogen) atoms. The maximum absolute atomic E-state index is 10.4. The van der Waals surface area contributed by atoms with Crippen molar-refractivity contribution < 1.29 is 4.79 Å². The first-order chi connectivity index (χ1) is 3.80. The minimum atomic E-state index is -0.792. The lowest BCUT2D eigenvalue weighted by molar-refractivity contribution is -0.117. The second kappa shape index (κ2) is 2.05. The first-order valence-corrected chi connectivity index (χ1v) is 2.48. The molecule has 0 aromatic carbocycles. The van der Waals surface area contributed by atoms with Crippen LogP contribution in [0.1, 0.15) is 0 Å². The highest BCUT2D eigenvalue weighted by Crippen LogP contribution is 2.00. The molecular weight excluding hydrogens is 128 g/mol. The summed E-state index contributed by atoms with van der Waals surface area (Å²) in [6, 6.07) is 0. The molecule has 3 nitrogen and oxygen atoms in total. The standard InChI is InChI=1S/C4H3ClN2O/c5-3-4(8)7-2-1-6-3/h1-3H. The lowest BCUT2D eigenvalue weighted by Crippen LogP contribution is -2.13. The van der Waals surface area contributed by atoms with Crippen LogP contribution in [-0.2, 0) is 4.79 Å². The van der Waals surface area contributed by atoms with Crippen LogP contribution >= 0.6 is 11.6 Å². The summed E-state index contributed by atoms with van der Waals surface area (Å²) in [6.07, 6.45) is 2.72. The van der Waals surface area contributed by atoms with Gasteiger partial charge in [0.25, 0.3) is 5.91 Å². The lowest BCUT2D eigenvalue weighted by atomic mass is 10.5. The van der Waals surface area contributed by atoms with Gasteiger partial charge < -0.3 is 0 Å². The van der Waals surface area contributed by atoms with E-state index >= 15 is 0 Å². The molecule has 0 fully saturated rings. The Morgan fingerprint density at radius 3 is 2.75 bits per heavy atom. The maximum atomic E-state index is 10.4. The molecule has 1 unspecified atom stereocenters. The third-order valence-corrected chi connectivity index (χ3v) is 0.989. The summed E-state index contributed by atoms with van der Waals surface area (Å²) in [5, 5.41) is 0. The van der Waals surface area contributed by atoms with Crippen LogP contribution in [0.5, 0.6) is 0 Å². The molecule has 0 N–H and O–H groups in total. The van der Waals surface area contributed by atoms with Crippen molar-refractivity contribution in [3.8, 4) is 0 Å². The van der Waals surface area contributed by atoms with Crippen molar-refractivity contribution >= 4 is 29.9 Å². The zero-order chi connectivity index (χ0) is 5.98. The Labute approximate surface area is 51.1 Å². The van der Waals surface area contributed by atoms with Gasteiger partial charge in [-0.25, -0.2) is 4.99 Å². The minimum absolute atomic E-state index is 0.394. The number of alkyl halides is 1. The number of carbonyl (C=O) groups is 1. The van der Waals surface area contributed by atoms with E-state index in [0.717, 1.165) is 0 Å². The highest BCUT2D eigenvalue weighted by atomic mass is 35.5. The molecule has 0 bridgehead atoms. The van der Waals surface area contributed by atoms with E-state index in [0.29, 0.717) is 0 Å². The zero-order valence-corrected chi connectivity index (χ0v) is 4.67. The molecule has 0 aliphatic carbocycles. The number of halogens is 1. The maximum Gasteiger partial charge on any atom is 0.285 e. The van der Waals surface area contributed by atoms with Gasteiger partial charge in [0, 0.05) is 12.4 Å². The molecule has 0 aromatic heterocycles. The molecule has 1 aliphatic heterocycles. The van der Waals surface area contributed by atoms with Crippen LogP contribution in [0, 0.1) is 0 Å². The summed E-state index contributed by atoms with van der Waals surface area (Å²) in [5.41, 5.74) is -0.792. The third kappa shape index (κ3) is 0.924. The van der Waals surface area contributed by atoms with Crippen molar-refractivity contribution in [2.75, 3.05) is 0 Å². The molecule has 1 aliphatic rings. The molecule has 0 saturated heterocycles. The molecule has 1 heterocycles. The van der Waals surface area contributed by atoms with Crippen molar-refractivity contribution in [3.05, 3.63) is 0 Å². The average Bonchev–Trinajstić information content (AvgIpc) is 1.77. The number of hydrogen-bond donors (Lipinski definition) is 0. The summed E-state index contributed by atoms with van der Waals surface area (Å²) in [7, 11) is 0. The number of amides is 1. The minimum Gasteiger partial charge on any atom is -0.269 e. The van der Waals surface area contributed by atoms with Crippen LogP contribution in [0.15, 0.2) is 9.98 Å². The van der Waals surface area contributed by atoms with Crippen LogP contribution in [0.25, 0.3) is 0 Å². The molecule has 1 atom stereocenters. The average molecular weight is 131 g/mol. The van der Waals surface area contributed by atoms with Crippen molar-refractivity contribution in [2.24, 2.45) is 9.98 Å². The van der Waals surface area contributed by atoms with E-state index in [4.69, 9.17) is 11.6 Å². The van der Waals surface area contributed by atoms with Crippen LogP contribution < -0.4 is 0 Å². The quantitative estimate of drug-likeness (QED) is 0.342. The summed E-state index contributed by atoms with van der Waals surface area (Å²) < 4.78 is 0. The lowest BCUT2D eigenvalue weighted by Gasteiger charge is -1.98. The second-order valence-electron chi connectivity index (χ2n) is 1.25. The first-order valence-electron chi connectivity index (χ1n) is 2.04. The topological polar surface area (TPSA) is 41.8 Å². The van der Waals surface area contributed by atoms with E-state index < -0.39 is 11.4 Å². The molecular formula is C4H3ClN2O. The largest absolute Gasteiger partial charge is 0.285 e. The van der Waals surface area contributed by atoms with Gasteiger partial charge in [0.1, 0.15) is 0 Å². The van der Waals surface area contributed by atoms with Crippen molar-refractivity contribution in [1.82, 2.24) is 0 Å². The predicted molar refractivity (Wildman–Crippen MR) is 31.6 cm³/mol. The Morgan fingerprint density at radius 2 is 2.38 bits per heavy atom. The van der Waals surface area contributed by atoms with Gasteiger partial charge >= 0.3 is 0 Å². The van der Waals surface area contributed by atoms with Gasteiger partial charge in [-0.3, -0.25) is 9.79 Å². The van der Waals surface area contributed by atoms with E-state index in [1.54, 1.807) is 0 Å². The Kier molecular flexibility index (Phi) is 1.39. The number of carbonyl (C=O) groups excluding carboxylic acids is 1. The Balaban J connectivity index is 2.74. The second-order valence-corrected chi connectivity index (χ2v) is 1.66.